The predicted molar refractivity (Wildman–Crippen MR) is 55.1 cm³/mol. The second-order valence-electron chi connectivity index (χ2n) is 3.85. The second-order valence-corrected chi connectivity index (χ2v) is 3.85. The summed E-state index contributed by atoms with van der Waals surface area (Å²) in [6, 6.07) is 2.92. The Morgan fingerprint density at radius 3 is 2.93 bits per heavy atom. The van der Waals surface area contributed by atoms with Gasteiger partial charge in [-0.15, -0.1) is 0 Å². The van der Waals surface area contributed by atoms with E-state index in [1.165, 1.54) is 11.1 Å². The van der Waals surface area contributed by atoms with E-state index in [2.05, 4.69) is 24.1 Å². The van der Waals surface area contributed by atoms with E-state index in [0.29, 0.717) is 12.1 Å². The van der Waals surface area contributed by atoms with Crippen LogP contribution in [0.25, 0.3) is 0 Å². The van der Waals surface area contributed by atoms with Gasteiger partial charge in [0, 0.05) is 18.4 Å². The van der Waals surface area contributed by atoms with E-state index in [0.717, 1.165) is 13.2 Å². The summed E-state index contributed by atoms with van der Waals surface area (Å²) in [5.74, 6) is 0. The standard InChI is InChI=1S/C11H16N2O/c1-8-3-4-12-5-11(8)9(2)13-10-6-14-7-10/h3-5,9-10,13H,6-7H2,1-2H3. The summed E-state index contributed by atoms with van der Waals surface area (Å²) >= 11 is 0. The Hall–Kier alpha value is -0.930. The Morgan fingerprint density at radius 1 is 1.57 bits per heavy atom. The van der Waals surface area contributed by atoms with Gasteiger partial charge >= 0.3 is 0 Å². The molecule has 1 aromatic rings. The number of aromatic nitrogens is 1. The van der Waals surface area contributed by atoms with E-state index in [1.807, 2.05) is 18.5 Å². The smallest absolute Gasteiger partial charge is 0.0643 e. The molecule has 0 bridgehead atoms. The summed E-state index contributed by atoms with van der Waals surface area (Å²) in [6.07, 6.45) is 3.77. The van der Waals surface area contributed by atoms with Crippen LogP contribution in [-0.4, -0.2) is 24.2 Å². The van der Waals surface area contributed by atoms with E-state index < -0.39 is 0 Å². The molecule has 1 saturated heterocycles. The SMILES string of the molecule is Cc1ccncc1C(C)NC1COC1. The fourth-order valence-corrected chi connectivity index (χ4v) is 1.70. The van der Waals surface area contributed by atoms with Crippen molar-refractivity contribution in [2.75, 3.05) is 13.2 Å². The highest BCUT2D eigenvalue weighted by molar-refractivity contribution is 5.24. The van der Waals surface area contributed by atoms with Crippen LogP contribution >= 0.6 is 0 Å². The topological polar surface area (TPSA) is 34.2 Å². The highest BCUT2D eigenvalue weighted by Crippen LogP contribution is 2.17. The Morgan fingerprint density at radius 2 is 2.36 bits per heavy atom. The molecule has 0 spiro atoms. The summed E-state index contributed by atoms with van der Waals surface area (Å²) in [4.78, 5) is 4.15. The molecule has 1 aromatic heterocycles. The molecule has 0 amide bonds. The Labute approximate surface area is 84.5 Å². The van der Waals surface area contributed by atoms with Crippen molar-refractivity contribution in [3.05, 3.63) is 29.6 Å². The monoisotopic (exact) mass is 192 g/mol. The van der Waals surface area contributed by atoms with Crippen molar-refractivity contribution < 1.29 is 4.74 Å². The number of hydrogen-bond acceptors (Lipinski definition) is 3. The van der Waals surface area contributed by atoms with Crippen LogP contribution in [0.15, 0.2) is 18.5 Å². The highest BCUT2D eigenvalue weighted by atomic mass is 16.5. The molecule has 1 unspecified atom stereocenters. The summed E-state index contributed by atoms with van der Waals surface area (Å²) in [7, 11) is 0. The molecule has 1 fully saturated rings. The lowest BCUT2D eigenvalue weighted by atomic mass is 10.0. The summed E-state index contributed by atoms with van der Waals surface area (Å²) < 4.78 is 5.12. The predicted octanol–water partition coefficient (Wildman–Crippen LogP) is 1.44. The fourth-order valence-electron chi connectivity index (χ4n) is 1.70. The summed E-state index contributed by atoms with van der Waals surface area (Å²) in [5, 5.41) is 3.51. The third-order valence-electron chi connectivity index (χ3n) is 2.67. The number of aryl methyl sites for hydroxylation is 1. The normalized spacial score (nSPS) is 19.0. The van der Waals surface area contributed by atoms with Crippen LogP contribution in [0, 0.1) is 6.92 Å². The van der Waals surface area contributed by atoms with Gasteiger partial charge in [0.1, 0.15) is 0 Å². The van der Waals surface area contributed by atoms with Crippen LogP contribution in [0.1, 0.15) is 24.1 Å². The van der Waals surface area contributed by atoms with Crippen molar-refractivity contribution in [1.82, 2.24) is 10.3 Å². The van der Waals surface area contributed by atoms with E-state index >= 15 is 0 Å². The van der Waals surface area contributed by atoms with Gasteiger partial charge in [0.15, 0.2) is 0 Å². The number of nitrogens with zero attached hydrogens (tertiary/aromatic N) is 1. The maximum absolute atomic E-state index is 5.12. The van der Waals surface area contributed by atoms with Crippen molar-refractivity contribution in [3.63, 3.8) is 0 Å². The molecule has 1 aliphatic rings. The fraction of sp³-hybridized carbons (Fsp3) is 0.545. The number of pyridine rings is 1. The molecule has 1 aliphatic heterocycles. The van der Waals surface area contributed by atoms with Crippen LogP contribution in [0.3, 0.4) is 0 Å². The number of nitrogens with one attached hydrogen (secondary N) is 1. The first kappa shape index (κ1) is 9.62. The van der Waals surface area contributed by atoms with Gasteiger partial charge in [-0.2, -0.15) is 0 Å². The lowest BCUT2D eigenvalue weighted by Crippen LogP contribution is -2.46. The van der Waals surface area contributed by atoms with E-state index in [-0.39, 0.29) is 0 Å². The summed E-state index contributed by atoms with van der Waals surface area (Å²) in [6.45, 7) is 5.96. The maximum Gasteiger partial charge on any atom is 0.0643 e. The van der Waals surface area contributed by atoms with Crippen molar-refractivity contribution in [2.45, 2.75) is 25.9 Å². The first-order valence-corrected chi connectivity index (χ1v) is 5.01. The minimum absolute atomic E-state index is 0.359. The van der Waals surface area contributed by atoms with Gasteiger partial charge in [0.05, 0.1) is 19.3 Å². The van der Waals surface area contributed by atoms with Crippen molar-refractivity contribution in [1.29, 1.82) is 0 Å². The van der Waals surface area contributed by atoms with Gasteiger partial charge in [-0.3, -0.25) is 4.98 Å². The van der Waals surface area contributed by atoms with E-state index in [1.54, 1.807) is 0 Å². The van der Waals surface area contributed by atoms with Gasteiger partial charge in [0.2, 0.25) is 0 Å². The van der Waals surface area contributed by atoms with Gasteiger partial charge < -0.3 is 10.1 Å². The lowest BCUT2D eigenvalue weighted by molar-refractivity contribution is -0.00929. The van der Waals surface area contributed by atoms with Gasteiger partial charge in [0.25, 0.3) is 0 Å². The van der Waals surface area contributed by atoms with Crippen LogP contribution in [0.2, 0.25) is 0 Å². The van der Waals surface area contributed by atoms with Crippen LogP contribution in [0.4, 0.5) is 0 Å². The highest BCUT2D eigenvalue weighted by Gasteiger charge is 2.21. The largest absolute Gasteiger partial charge is 0.378 e. The van der Waals surface area contributed by atoms with Gasteiger partial charge in [-0.25, -0.2) is 0 Å². The van der Waals surface area contributed by atoms with E-state index in [9.17, 15) is 0 Å². The zero-order chi connectivity index (χ0) is 9.97. The van der Waals surface area contributed by atoms with E-state index in [4.69, 9.17) is 4.74 Å². The molecular formula is C11H16N2O. The van der Waals surface area contributed by atoms with Crippen molar-refractivity contribution >= 4 is 0 Å². The molecule has 0 saturated carbocycles. The minimum Gasteiger partial charge on any atom is -0.378 e. The Kier molecular flexibility index (Phi) is 2.79. The minimum atomic E-state index is 0.359. The first-order valence-electron chi connectivity index (χ1n) is 5.01. The summed E-state index contributed by atoms with van der Waals surface area (Å²) in [5.41, 5.74) is 2.57. The third-order valence-corrected chi connectivity index (χ3v) is 2.67. The van der Waals surface area contributed by atoms with Crippen LogP contribution < -0.4 is 5.32 Å². The zero-order valence-corrected chi connectivity index (χ0v) is 8.66. The molecule has 0 radical (unpaired) electrons. The molecule has 3 heteroatoms. The molecule has 3 nitrogen and oxygen atoms in total. The lowest BCUT2D eigenvalue weighted by Gasteiger charge is -2.30. The average Bonchev–Trinajstić information content (AvgIpc) is 2.12. The molecule has 1 N–H and O–H groups in total. The molecule has 76 valence electrons. The Bertz CT molecular complexity index is 310. The third kappa shape index (κ3) is 1.94. The maximum atomic E-state index is 5.12. The van der Waals surface area contributed by atoms with Crippen molar-refractivity contribution in [3.8, 4) is 0 Å². The molecule has 14 heavy (non-hydrogen) atoms. The first-order chi connectivity index (χ1) is 6.77. The molecule has 0 aromatic carbocycles. The molecule has 2 heterocycles. The number of ether oxygens (including phenoxy) is 1. The zero-order valence-electron chi connectivity index (χ0n) is 8.66. The number of rotatable bonds is 3. The van der Waals surface area contributed by atoms with Crippen LogP contribution in [-0.2, 0) is 4.74 Å². The quantitative estimate of drug-likeness (QED) is 0.787. The second kappa shape index (κ2) is 4.07. The molecule has 2 rings (SSSR count). The molecule has 0 aliphatic carbocycles. The molecule has 1 atom stereocenters. The van der Waals surface area contributed by atoms with Gasteiger partial charge in [-0.05, 0) is 31.0 Å². The van der Waals surface area contributed by atoms with Gasteiger partial charge in [-0.1, -0.05) is 0 Å². The van der Waals surface area contributed by atoms with Crippen molar-refractivity contribution in [2.24, 2.45) is 0 Å². The average molecular weight is 192 g/mol. The Balaban J connectivity index is 2.02. The number of hydrogen-bond donors (Lipinski definition) is 1. The van der Waals surface area contributed by atoms with Crippen LogP contribution in [0.5, 0.6) is 0 Å². The molecular weight excluding hydrogens is 176 g/mol.